The van der Waals surface area contributed by atoms with E-state index in [9.17, 15) is 5.48 Å². The first kappa shape index (κ1) is 33.0. The van der Waals surface area contributed by atoms with E-state index >= 15 is 0 Å². The van der Waals surface area contributed by atoms with Gasteiger partial charge in [-0.1, -0.05) is 164 Å². The lowest BCUT2D eigenvalue weighted by Gasteiger charge is -2.26. The Morgan fingerprint density at radius 3 is 1.88 bits per heavy atom. The summed E-state index contributed by atoms with van der Waals surface area (Å²) in [6.45, 7) is 0. The predicted molar refractivity (Wildman–Crippen MR) is 274 cm³/mol. The maximum atomic E-state index is 9.88. The zero-order chi connectivity index (χ0) is 46.3. The Labute approximate surface area is 381 Å². The fourth-order valence-corrected chi connectivity index (χ4v) is 9.80. The van der Waals surface area contributed by atoms with Crippen molar-refractivity contribution in [2.45, 2.75) is 0 Å². The van der Waals surface area contributed by atoms with Crippen LogP contribution in [-0.2, 0) is 0 Å². The van der Waals surface area contributed by atoms with Crippen LogP contribution in [0.2, 0.25) is 0 Å². The van der Waals surface area contributed by atoms with Crippen molar-refractivity contribution >= 4 is 82.4 Å². The van der Waals surface area contributed by atoms with Gasteiger partial charge >= 0.3 is 0 Å². The summed E-state index contributed by atoms with van der Waals surface area (Å²) in [7, 11) is 0. The number of hydrogen-bond donors (Lipinski definition) is 0. The van der Waals surface area contributed by atoms with E-state index in [1.807, 2.05) is 95.9 Å². The summed E-state index contributed by atoms with van der Waals surface area (Å²) < 4.78 is 48.1. The monoisotopic (exact) mass is 832 g/mol. The van der Waals surface area contributed by atoms with E-state index in [-0.39, 0.29) is 35.4 Å². The molecule has 13 aromatic rings. The molecule has 304 valence electrons. The second-order valence-corrected chi connectivity index (χ2v) is 16.5. The molecule has 2 aromatic heterocycles. The molecule has 3 nitrogen and oxygen atoms in total. The number of aromatic nitrogens is 1. The number of hydrogen-bond acceptors (Lipinski definition) is 2. The van der Waals surface area contributed by atoms with Crippen molar-refractivity contribution in [1.29, 1.82) is 0 Å². The van der Waals surface area contributed by atoms with Crippen molar-refractivity contribution in [3.63, 3.8) is 0 Å². The fraction of sp³-hybridized carbons (Fsp3) is 0. The van der Waals surface area contributed by atoms with Crippen LogP contribution in [0.1, 0.15) is 5.48 Å². The summed E-state index contributed by atoms with van der Waals surface area (Å²) in [5.74, 6) is 0. The van der Waals surface area contributed by atoms with Gasteiger partial charge in [-0.3, -0.25) is 0 Å². The molecule has 0 saturated heterocycles. The summed E-state index contributed by atoms with van der Waals surface area (Å²) in [6.07, 6.45) is 0. The third kappa shape index (κ3) is 6.12. The normalized spacial score (nSPS) is 12.6. The van der Waals surface area contributed by atoms with Gasteiger partial charge in [-0.15, -0.1) is 0 Å². The van der Waals surface area contributed by atoms with Crippen LogP contribution in [0.4, 0.5) is 17.1 Å². The van der Waals surface area contributed by atoms with Crippen molar-refractivity contribution in [2.24, 2.45) is 0 Å². The first-order valence-electron chi connectivity index (χ1n) is 23.9. The van der Waals surface area contributed by atoms with Crippen LogP contribution in [0.3, 0.4) is 0 Å². The summed E-state index contributed by atoms with van der Waals surface area (Å²) in [6, 6.07) is 73.6. The number of furan rings is 1. The number of rotatable bonds is 7. The standard InChI is InChI=1S/C62H40N2O/c1-2-18-48(19-3-1)64-57-24-9-8-22-54(57)56-40-46(32-38-58(56)64)42-29-35-50(36-30-42)63(59-25-12-26-60-61(59)55-37-31-44-14-5-7-21-53(44)62(55)65-60)49-33-27-41(28-34-49)45-16-10-17-47(39-45)52-23-11-15-43-13-4-6-20-51(43)52/h1-40H/i29D,30D,35D,36D. The lowest BCUT2D eigenvalue weighted by atomic mass is 9.95. The summed E-state index contributed by atoms with van der Waals surface area (Å²) >= 11 is 0. The number of nitrogens with zero attached hydrogens (tertiary/aromatic N) is 2. The Morgan fingerprint density at radius 1 is 0.385 bits per heavy atom. The van der Waals surface area contributed by atoms with E-state index in [1.165, 1.54) is 10.8 Å². The second-order valence-electron chi connectivity index (χ2n) is 16.5. The van der Waals surface area contributed by atoms with Crippen LogP contribution in [0.5, 0.6) is 0 Å². The van der Waals surface area contributed by atoms with Crippen LogP contribution in [0, 0.1) is 0 Å². The average Bonchev–Trinajstić information content (AvgIpc) is 3.96. The Hall–Kier alpha value is -8.66. The molecule has 0 aliphatic rings. The van der Waals surface area contributed by atoms with E-state index in [0.29, 0.717) is 22.5 Å². The van der Waals surface area contributed by atoms with Crippen LogP contribution >= 0.6 is 0 Å². The summed E-state index contributed by atoms with van der Waals surface area (Å²) in [5, 5.41) is 8.12. The van der Waals surface area contributed by atoms with Crippen LogP contribution in [-0.4, -0.2) is 4.57 Å². The number of fused-ring (bicyclic) bond motifs is 9. The average molecular weight is 833 g/mol. The number of para-hydroxylation sites is 2. The molecular weight excluding hydrogens is 789 g/mol. The highest BCUT2D eigenvalue weighted by Gasteiger charge is 2.21. The molecule has 65 heavy (non-hydrogen) atoms. The molecular formula is C62H40N2O. The Balaban J connectivity index is 0.992. The van der Waals surface area contributed by atoms with Crippen molar-refractivity contribution < 1.29 is 9.90 Å². The molecule has 0 aliphatic carbocycles. The maximum absolute atomic E-state index is 9.88. The van der Waals surface area contributed by atoms with Gasteiger partial charge in [0.15, 0.2) is 0 Å². The Morgan fingerprint density at radius 2 is 1.03 bits per heavy atom. The third-order valence-corrected chi connectivity index (χ3v) is 12.8. The van der Waals surface area contributed by atoms with Crippen LogP contribution in [0.15, 0.2) is 247 Å². The van der Waals surface area contributed by atoms with Gasteiger partial charge in [0.2, 0.25) is 0 Å². The predicted octanol–water partition coefficient (Wildman–Crippen LogP) is 17.5. The highest BCUT2D eigenvalue weighted by Crippen LogP contribution is 2.45. The van der Waals surface area contributed by atoms with Crippen LogP contribution < -0.4 is 4.90 Å². The fourth-order valence-electron chi connectivity index (χ4n) is 9.80. The number of anilines is 3. The molecule has 2 heterocycles. The van der Waals surface area contributed by atoms with E-state index in [2.05, 4.69) is 132 Å². The van der Waals surface area contributed by atoms with Crippen molar-refractivity contribution in [3.8, 4) is 39.1 Å². The van der Waals surface area contributed by atoms with Gasteiger partial charge in [-0.05, 0) is 128 Å². The first-order chi connectivity index (χ1) is 33.9. The molecule has 0 bridgehead atoms. The molecule has 0 fully saturated rings. The van der Waals surface area contributed by atoms with E-state index in [1.54, 1.807) is 0 Å². The minimum absolute atomic E-state index is 0.126. The summed E-state index contributed by atoms with van der Waals surface area (Å²) in [5.41, 5.74) is 11.1. The van der Waals surface area contributed by atoms with Crippen molar-refractivity contribution in [1.82, 2.24) is 4.57 Å². The van der Waals surface area contributed by atoms with Gasteiger partial charge < -0.3 is 13.9 Å². The van der Waals surface area contributed by atoms with E-state index in [4.69, 9.17) is 4.42 Å². The van der Waals surface area contributed by atoms with Gasteiger partial charge in [-0.2, -0.15) is 0 Å². The minimum atomic E-state index is -0.153. The maximum Gasteiger partial charge on any atom is 0.143 e. The van der Waals surface area contributed by atoms with Gasteiger partial charge in [0.25, 0.3) is 0 Å². The van der Waals surface area contributed by atoms with E-state index in [0.717, 1.165) is 76.9 Å². The van der Waals surface area contributed by atoms with Gasteiger partial charge in [0.05, 0.1) is 27.6 Å². The lowest BCUT2D eigenvalue weighted by molar-refractivity contribution is 0.672. The molecule has 0 saturated carbocycles. The molecule has 0 radical (unpaired) electrons. The molecule has 0 amide bonds. The minimum Gasteiger partial charge on any atom is -0.455 e. The third-order valence-electron chi connectivity index (χ3n) is 12.8. The largest absolute Gasteiger partial charge is 0.455 e. The first-order valence-corrected chi connectivity index (χ1v) is 21.9. The smallest absolute Gasteiger partial charge is 0.143 e. The second kappa shape index (κ2) is 15.0. The number of benzene rings is 11. The van der Waals surface area contributed by atoms with Gasteiger partial charge in [0, 0.05) is 38.6 Å². The van der Waals surface area contributed by atoms with Gasteiger partial charge in [-0.25, -0.2) is 0 Å². The molecule has 0 spiro atoms. The zero-order valence-corrected chi connectivity index (χ0v) is 35.1. The van der Waals surface area contributed by atoms with E-state index < -0.39 is 0 Å². The topological polar surface area (TPSA) is 21.3 Å². The SMILES string of the molecule is [2H]c1c([2H])c(N(c2ccc(-c3cccc(-c4cccc5ccccc45)c3)cc2)c2cccc3oc4c5ccccc5ccc4c23)c([2H])c([2H])c1-c1ccc2c(c1)c1ccccc1n2-c1ccccc1. The van der Waals surface area contributed by atoms with Crippen LogP contribution in [0.25, 0.3) is 104 Å². The Bertz CT molecular complexity index is 4160. The highest BCUT2D eigenvalue weighted by molar-refractivity contribution is 6.19. The molecule has 13 rings (SSSR count). The van der Waals surface area contributed by atoms with Crippen molar-refractivity contribution in [3.05, 3.63) is 243 Å². The summed E-state index contributed by atoms with van der Waals surface area (Å²) in [4.78, 5) is 1.88. The lowest BCUT2D eigenvalue weighted by Crippen LogP contribution is -2.10. The zero-order valence-electron chi connectivity index (χ0n) is 39.1. The van der Waals surface area contributed by atoms with Gasteiger partial charge in [0.1, 0.15) is 11.2 Å². The molecule has 3 heteroatoms. The molecule has 0 unspecified atom stereocenters. The quantitative estimate of drug-likeness (QED) is 0.160. The molecule has 0 aliphatic heterocycles. The molecule has 11 aromatic carbocycles. The molecule has 0 N–H and O–H groups in total. The Kier molecular flexibility index (Phi) is 7.61. The highest BCUT2D eigenvalue weighted by atomic mass is 16.3. The van der Waals surface area contributed by atoms with Crippen molar-refractivity contribution in [2.75, 3.05) is 4.90 Å². The molecule has 0 atom stereocenters.